The predicted molar refractivity (Wildman–Crippen MR) is 107 cm³/mol. The second-order valence-electron chi connectivity index (χ2n) is 7.63. The van der Waals surface area contributed by atoms with E-state index >= 15 is 0 Å². The number of amides is 1. The first kappa shape index (κ1) is 19.1. The van der Waals surface area contributed by atoms with Crippen molar-refractivity contribution in [1.29, 1.82) is 0 Å². The molecule has 148 valence electrons. The number of nitrogens with one attached hydrogen (secondary N) is 3. The van der Waals surface area contributed by atoms with Gasteiger partial charge in [-0.2, -0.15) is 0 Å². The smallest absolute Gasteiger partial charge is 0.226 e. The van der Waals surface area contributed by atoms with Crippen LogP contribution in [0.3, 0.4) is 0 Å². The van der Waals surface area contributed by atoms with Crippen LogP contribution in [0.1, 0.15) is 35.6 Å². The average Bonchev–Trinajstić information content (AvgIpc) is 3.40. The Labute approximate surface area is 165 Å². The number of hydrogen-bond acceptors (Lipinski definition) is 4. The van der Waals surface area contributed by atoms with E-state index in [1.54, 1.807) is 12.1 Å². The van der Waals surface area contributed by atoms with Crippen LogP contribution < -0.4 is 16.2 Å². The van der Waals surface area contributed by atoms with E-state index in [4.69, 9.17) is 0 Å². The first-order valence-corrected chi connectivity index (χ1v) is 10.0. The maximum atomic E-state index is 13.2. The lowest BCUT2D eigenvalue weighted by atomic mass is 9.94. The van der Waals surface area contributed by atoms with E-state index in [0.717, 1.165) is 25.2 Å². The Morgan fingerprint density at radius 2 is 1.79 bits per heavy atom. The first-order valence-electron chi connectivity index (χ1n) is 10.0. The lowest BCUT2D eigenvalue weighted by molar-refractivity contribution is -0.125. The molecule has 2 aliphatic rings. The lowest BCUT2D eigenvalue weighted by Gasteiger charge is -2.20. The molecule has 0 radical (unpaired) electrons. The molecule has 5 nitrogen and oxygen atoms in total. The molecule has 2 heterocycles. The average molecular weight is 382 g/mol. The maximum absolute atomic E-state index is 13.2. The van der Waals surface area contributed by atoms with Gasteiger partial charge in [0.2, 0.25) is 5.91 Å². The van der Waals surface area contributed by atoms with Crippen LogP contribution in [-0.4, -0.2) is 30.4 Å². The summed E-state index contributed by atoms with van der Waals surface area (Å²) in [6.45, 7) is 4.31. The summed E-state index contributed by atoms with van der Waals surface area (Å²) in [6.07, 6.45) is 2.54. The Bertz CT molecular complexity index is 804. The number of benzene rings is 2. The monoisotopic (exact) mass is 382 g/mol. The highest BCUT2D eigenvalue weighted by atomic mass is 19.1. The Balaban J connectivity index is 1.39. The molecule has 2 fully saturated rings. The highest BCUT2D eigenvalue weighted by Gasteiger charge is 2.33. The number of hydrazine groups is 1. The second-order valence-corrected chi connectivity index (χ2v) is 7.63. The summed E-state index contributed by atoms with van der Waals surface area (Å²) >= 11 is 0. The van der Waals surface area contributed by atoms with Crippen molar-refractivity contribution in [2.24, 2.45) is 5.92 Å². The second kappa shape index (κ2) is 8.82. The summed E-state index contributed by atoms with van der Waals surface area (Å²) in [7, 11) is 0. The van der Waals surface area contributed by atoms with Gasteiger partial charge in [0, 0.05) is 19.6 Å². The molecule has 6 heteroatoms. The fourth-order valence-electron chi connectivity index (χ4n) is 4.11. The molecule has 3 N–H and O–H groups in total. The normalized spacial score (nSPS) is 22.5. The van der Waals surface area contributed by atoms with Gasteiger partial charge in [0.1, 0.15) is 5.82 Å². The van der Waals surface area contributed by atoms with Crippen molar-refractivity contribution in [1.82, 2.24) is 21.1 Å². The minimum absolute atomic E-state index is 0.00259. The van der Waals surface area contributed by atoms with E-state index in [1.807, 2.05) is 6.07 Å². The third kappa shape index (κ3) is 4.41. The third-order valence-corrected chi connectivity index (χ3v) is 5.71. The molecular formula is C22H27FN4O. The summed E-state index contributed by atoms with van der Waals surface area (Å²) in [4.78, 5) is 15.3. The third-order valence-electron chi connectivity index (χ3n) is 5.71. The Hall–Kier alpha value is -2.28. The first-order chi connectivity index (χ1) is 13.7. The minimum Gasteiger partial charge on any atom is -0.352 e. The van der Waals surface area contributed by atoms with Gasteiger partial charge < -0.3 is 5.32 Å². The molecule has 0 saturated carbocycles. The SMILES string of the molecule is O=C(NCc1ccccc1CN1CCCC1)C1CNNC1c1ccc(F)cc1. The number of carbonyl (C=O) groups is 1. The highest BCUT2D eigenvalue weighted by molar-refractivity contribution is 5.80. The molecule has 0 spiro atoms. The molecular weight excluding hydrogens is 355 g/mol. The van der Waals surface area contributed by atoms with Gasteiger partial charge in [-0.25, -0.2) is 9.82 Å². The van der Waals surface area contributed by atoms with Crippen LogP contribution in [0.25, 0.3) is 0 Å². The molecule has 2 aliphatic heterocycles. The standard InChI is InChI=1S/C22H27FN4O/c23-19-9-7-16(8-10-19)21-20(14-25-26-21)22(28)24-13-17-5-1-2-6-18(17)15-27-11-3-4-12-27/h1-2,5-10,20-21,25-26H,3-4,11-15H2,(H,24,28). The Morgan fingerprint density at radius 3 is 2.54 bits per heavy atom. The van der Waals surface area contributed by atoms with E-state index in [-0.39, 0.29) is 23.7 Å². The zero-order chi connectivity index (χ0) is 19.3. The van der Waals surface area contributed by atoms with Crippen molar-refractivity contribution < 1.29 is 9.18 Å². The van der Waals surface area contributed by atoms with Gasteiger partial charge in [0.25, 0.3) is 0 Å². The van der Waals surface area contributed by atoms with E-state index in [9.17, 15) is 9.18 Å². The van der Waals surface area contributed by atoms with E-state index in [2.05, 4.69) is 39.3 Å². The van der Waals surface area contributed by atoms with E-state index < -0.39 is 0 Å². The van der Waals surface area contributed by atoms with E-state index in [1.165, 1.54) is 36.1 Å². The molecule has 28 heavy (non-hydrogen) atoms. The van der Waals surface area contributed by atoms with Crippen molar-refractivity contribution >= 4 is 5.91 Å². The maximum Gasteiger partial charge on any atom is 0.226 e. The topological polar surface area (TPSA) is 56.4 Å². The van der Waals surface area contributed by atoms with Gasteiger partial charge >= 0.3 is 0 Å². The molecule has 0 aromatic heterocycles. The molecule has 0 aliphatic carbocycles. The van der Waals surface area contributed by atoms with Crippen LogP contribution >= 0.6 is 0 Å². The number of hydrogen-bond donors (Lipinski definition) is 3. The molecule has 1 amide bonds. The van der Waals surface area contributed by atoms with Crippen molar-refractivity contribution in [3.05, 3.63) is 71.0 Å². The highest BCUT2D eigenvalue weighted by Crippen LogP contribution is 2.25. The number of carbonyl (C=O) groups excluding carboxylic acids is 1. The Morgan fingerprint density at radius 1 is 1.07 bits per heavy atom. The van der Waals surface area contributed by atoms with Gasteiger partial charge in [-0.1, -0.05) is 36.4 Å². The number of rotatable bonds is 6. The van der Waals surface area contributed by atoms with Crippen LogP contribution in [0.5, 0.6) is 0 Å². The van der Waals surface area contributed by atoms with Crippen molar-refractivity contribution in [2.75, 3.05) is 19.6 Å². The molecule has 2 aromatic carbocycles. The Kier molecular flexibility index (Phi) is 6.00. The van der Waals surface area contributed by atoms with Gasteiger partial charge in [0.15, 0.2) is 0 Å². The van der Waals surface area contributed by atoms with Crippen molar-refractivity contribution in [2.45, 2.75) is 32.0 Å². The number of nitrogens with zero attached hydrogens (tertiary/aromatic N) is 1. The summed E-state index contributed by atoms with van der Waals surface area (Å²) in [6, 6.07) is 14.5. The summed E-state index contributed by atoms with van der Waals surface area (Å²) in [5.74, 6) is -0.510. The fourth-order valence-corrected chi connectivity index (χ4v) is 4.11. The molecule has 4 rings (SSSR count). The minimum atomic E-state index is -0.273. The van der Waals surface area contributed by atoms with Crippen LogP contribution in [0.2, 0.25) is 0 Å². The van der Waals surface area contributed by atoms with Crippen LogP contribution in [-0.2, 0) is 17.9 Å². The van der Waals surface area contributed by atoms with Gasteiger partial charge in [-0.3, -0.25) is 15.1 Å². The molecule has 2 unspecified atom stereocenters. The quantitative estimate of drug-likeness (QED) is 0.719. The summed E-state index contributed by atoms with van der Waals surface area (Å²) in [5, 5.41) is 3.11. The number of halogens is 1. The zero-order valence-corrected chi connectivity index (χ0v) is 16.0. The molecule has 0 bridgehead atoms. The zero-order valence-electron chi connectivity index (χ0n) is 16.0. The summed E-state index contributed by atoms with van der Waals surface area (Å²) < 4.78 is 13.2. The fraction of sp³-hybridized carbons (Fsp3) is 0.409. The largest absolute Gasteiger partial charge is 0.352 e. The molecule has 2 atom stereocenters. The van der Waals surface area contributed by atoms with Gasteiger partial charge in [0.05, 0.1) is 12.0 Å². The van der Waals surface area contributed by atoms with Crippen LogP contribution in [0.4, 0.5) is 4.39 Å². The van der Waals surface area contributed by atoms with Crippen molar-refractivity contribution in [3.8, 4) is 0 Å². The van der Waals surface area contributed by atoms with Crippen LogP contribution in [0, 0.1) is 11.7 Å². The van der Waals surface area contributed by atoms with E-state index in [0.29, 0.717) is 13.1 Å². The van der Waals surface area contributed by atoms with Crippen molar-refractivity contribution in [3.63, 3.8) is 0 Å². The van der Waals surface area contributed by atoms with Gasteiger partial charge in [-0.15, -0.1) is 0 Å². The lowest BCUT2D eigenvalue weighted by Crippen LogP contribution is -2.35. The summed E-state index contributed by atoms with van der Waals surface area (Å²) in [5.41, 5.74) is 9.55. The predicted octanol–water partition coefficient (Wildman–Crippen LogP) is 2.50. The number of likely N-dealkylation sites (tertiary alicyclic amines) is 1. The van der Waals surface area contributed by atoms with Gasteiger partial charge in [-0.05, 0) is 54.8 Å². The molecule has 2 aromatic rings. The van der Waals surface area contributed by atoms with Crippen LogP contribution in [0.15, 0.2) is 48.5 Å². The molecule has 2 saturated heterocycles.